The van der Waals surface area contributed by atoms with Crippen LogP contribution in [-0.4, -0.2) is 17.5 Å². The van der Waals surface area contributed by atoms with E-state index < -0.39 is 0 Å². The van der Waals surface area contributed by atoms with Gasteiger partial charge >= 0.3 is 0 Å². The number of carbonyl (C=O) groups is 1. The standard InChI is InChI=1S/C9H16O2/c1-9(2,7-3-4-7)5-8(11)6-10/h7,10H,3-6H2,1-2H3. The summed E-state index contributed by atoms with van der Waals surface area (Å²) in [6.45, 7) is 3.92. The predicted molar refractivity (Wildman–Crippen MR) is 43.2 cm³/mol. The molecule has 2 nitrogen and oxygen atoms in total. The van der Waals surface area contributed by atoms with Gasteiger partial charge in [-0.25, -0.2) is 0 Å². The Bertz CT molecular complexity index is 157. The van der Waals surface area contributed by atoms with Crippen molar-refractivity contribution in [3.63, 3.8) is 0 Å². The van der Waals surface area contributed by atoms with Crippen LogP contribution in [0.5, 0.6) is 0 Å². The molecule has 0 aliphatic heterocycles. The number of ketones is 1. The van der Waals surface area contributed by atoms with Gasteiger partial charge in [-0.1, -0.05) is 13.8 Å². The van der Waals surface area contributed by atoms with Gasteiger partial charge in [-0.2, -0.15) is 0 Å². The third-order valence-electron chi connectivity index (χ3n) is 2.51. The number of rotatable bonds is 4. The van der Waals surface area contributed by atoms with Crippen molar-refractivity contribution in [1.82, 2.24) is 0 Å². The summed E-state index contributed by atoms with van der Waals surface area (Å²) in [5, 5.41) is 8.55. The molecule has 0 radical (unpaired) electrons. The van der Waals surface area contributed by atoms with Gasteiger partial charge in [-0.3, -0.25) is 4.79 Å². The van der Waals surface area contributed by atoms with Crippen LogP contribution in [0.3, 0.4) is 0 Å². The van der Waals surface area contributed by atoms with Crippen LogP contribution in [0.2, 0.25) is 0 Å². The number of aliphatic hydroxyl groups excluding tert-OH is 1. The number of carbonyl (C=O) groups excluding carboxylic acids is 1. The fourth-order valence-electron chi connectivity index (χ4n) is 1.57. The zero-order valence-electron chi connectivity index (χ0n) is 7.26. The van der Waals surface area contributed by atoms with Crippen molar-refractivity contribution in [2.45, 2.75) is 33.1 Å². The molecule has 1 aliphatic rings. The quantitative estimate of drug-likeness (QED) is 0.667. The Hall–Kier alpha value is -0.370. The highest BCUT2D eigenvalue weighted by atomic mass is 16.3. The predicted octanol–water partition coefficient (Wildman–Crippen LogP) is 1.37. The van der Waals surface area contributed by atoms with Gasteiger partial charge in [-0.05, 0) is 24.2 Å². The number of hydrogen-bond donors (Lipinski definition) is 1. The molecule has 0 aromatic carbocycles. The van der Waals surface area contributed by atoms with E-state index in [4.69, 9.17) is 5.11 Å². The van der Waals surface area contributed by atoms with Crippen LogP contribution in [0.1, 0.15) is 33.1 Å². The highest BCUT2D eigenvalue weighted by Crippen LogP contribution is 2.47. The van der Waals surface area contributed by atoms with E-state index in [1.54, 1.807) is 0 Å². The third kappa shape index (κ3) is 2.29. The topological polar surface area (TPSA) is 37.3 Å². The highest BCUT2D eigenvalue weighted by Gasteiger charge is 2.38. The van der Waals surface area contributed by atoms with Crippen LogP contribution < -0.4 is 0 Å². The molecule has 0 bridgehead atoms. The number of aliphatic hydroxyl groups is 1. The summed E-state index contributed by atoms with van der Waals surface area (Å²) < 4.78 is 0. The first kappa shape index (κ1) is 8.72. The Kier molecular flexibility index (Phi) is 2.33. The van der Waals surface area contributed by atoms with Crippen LogP contribution in [-0.2, 0) is 4.79 Å². The Morgan fingerprint density at radius 2 is 2.09 bits per heavy atom. The van der Waals surface area contributed by atoms with E-state index in [1.165, 1.54) is 12.8 Å². The lowest BCUT2D eigenvalue weighted by Crippen LogP contribution is -2.21. The zero-order valence-corrected chi connectivity index (χ0v) is 7.26. The number of hydrogen-bond acceptors (Lipinski definition) is 2. The van der Waals surface area contributed by atoms with Crippen LogP contribution in [0.15, 0.2) is 0 Å². The molecule has 0 amide bonds. The lowest BCUT2D eigenvalue weighted by molar-refractivity contribution is -0.123. The lowest BCUT2D eigenvalue weighted by Gasteiger charge is -2.22. The zero-order chi connectivity index (χ0) is 8.48. The largest absolute Gasteiger partial charge is 0.389 e. The smallest absolute Gasteiger partial charge is 0.158 e. The maximum Gasteiger partial charge on any atom is 0.158 e. The summed E-state index contributed by atoms with van der Waals surface area (Å²) in [7, 11) is 0. The van der Waals surface area contributed by atoms with Crippen molar-refractivity contribution < 1.29 is 9.90 Å². The van der Waals surface area contributed by atoms with Crippen LogP contribution >= 0.6 is 0 Å². The molecule has 0 unspecified atom stereocenters. The van der Waals surface area contributed by atoms with Crippen molar-refractivity contribution in [2.24, 2.45) is 11.3 Å². The van der Waals surface area contributed by atoms with Crippen LogP contribution in [0.4, 0.5) is 0 Å². The van der Waals surface area contributed by atoms with Gasteiger partial charge in [0.25, 0.3) is 0 Å². The molecule has 1 aliphatic carbocycles. The summed E-state index contributed by atoms with van der Waals surface area (Å²) in [5.41, 5.74) is 0.125. The van der Waals surface area contributed by atoms with Gasteiger partial charge < -0.3 is 5.11 Å². The Balaban J connectivity index is 2.38. The first-order chi connectivity index (χ1) is 5.06. The number of Topliss-reactive ketones (excluding diaryl/α,β-unsaturated/α-hetero) is 1. The molecule has 1 rings (SSSR count). The first-order valence-corrected chi connectivity index (χ1v) is 4.19. The van der Waals surface area contributed by atoms with Gasteiger partial charge in [0.1, 0.15) is 6.61 Å². The van der Waals surface area contributed by atoms with Gasteiger partial charge in [0.2, 0.25) is 0 Å². The molecule has 0 aromatic heterocycles. The fraction of sp³-hybridized carbons (Fsp3) is 0.889. The second-order valence-electron chi connectivity index (χ2n) is 4.14. The van der Waals surface area contributed by atoms with Crippen LogP contribution in [0.25, 0.3) is 0 Å². The average Bonchev–Trinajstić information content (AvgIpc) is 2.66. The van der Waals surface area contributed by atoms with E-state index in [1.807, 2.05) is 0 Å². The minimum atomic E-state index is -0.295. The molecule has 1 N–H and O–H groups in total. The summed E-state index contributed by atoms with van der Waals surface area (Å²) >= 11 is 0. The molecule has 2 heteroatoms. The van der Waals surface area contributed by atoms with Crippen LogP contribution in [0, 0.1) is 11.3 Å². The minimum Gasteiger partial charge on any atom is -0.389 e. The van der Waals surface area contributed by atoms with E-state index >= 15 is 0 Å². The van der Waals surface area contributed by atoms with E-state index in [0.717, 1.165) is 5.92 Å². The SMILES string of the molecule is CC(C)(CC(=O)CO)C1CC1. The second-order valence-corrected chi connectivity index (χ2v) is 4.14. The highest BCUT2D eigenvalue weighted by molar-refractivity contribution is 5.80. The Morgan fingerprint density at radius 1 is 1.55 bits per heavy atom. The maximum atomic E-state index is 10.9. The van der Waals surface area contributed by atoms with Crippen molar-refractivity contribution in [1.29, 1.82) is 0 Å². The van der Waals surface area contributed by atoms with Gasteiger partial charge in [0.05, 0.1) is 0 Å². The molecule has 64 valence electrons. The van der Waals surface area contributed by atoms with Crippen molar-refractivity contribution >= 4 is 5.78 Å². The Labute approximate surface area is 67.6 Å². The molecule has 1 fully saturated rings. The van der Waals surface area contributed by atoms with Crippen molar-refractivity contribution in [3.8, 4) is 0 Å². The maximum absolute atomic E-state index is 10.9. The molecule has 11 heavy (non-hydrogen) atoms. The van der Waals surface area contributed by atoms with Gasteiger partial charge in [0.15, 0.2) is 5.78 Å². The molecule has 0 aromatic rings. The summed E-state index contributed by atoms with van der Waals surface area (Å²) in [4.78, 5) is 10.9. The molecule has 0 spiro atoms. The fourth-order valence-corrected chi connectivity index (χ4v) is 1.57. The molecular formula is C9H16O2. The summed E-state index contributed by atoms with van der Waals surface area (Å²) in [6.07, 6.45) is 3.05. The van der Waals surface area contributed by atoms with E-state index in [0.29, 0.717) is 6.42 Å². The first-order valence-electron chi connectivity index (χ1n) is 4.19. The van der Waals surface area contributed by atoms with Crippen molar-refractivity contribution in [2.75, 3.05) is 6.61 Å². The van der Waals surface area contributed by atoms with E-state index in [9.17, 15) is 4.79 Å². The van der Waals surface area contributed by atoms with Crippen molar-refractivity contribution in [3.05, 3.63) is 0 Å². The minimum absolute atomic E-state index is 0.0260. The molecule has 0 atom stereocenters. The summed E-state index contributed by atoms with van der Waals surface area (Å²) in [6, 6.07) is 0. The lowest BCUT2D eigenvalue weighted by atomic mass is 9.82. The average molecular weight is 156 g/mol. The molecule has 0 saturated heterocycles. The van der Waals surface area contributed by atoms with E-state index in [-0.39, 0.29) is 17.8 Å². The second kappa shape index (κ2) is 2.94. The molecular weight excluding hydrogens is 140 g/mol. The normalized spacial score (nSPS) is 18.5. The summed E-state index contributed by atoms with van der Waals surface area (Å²) in [5.74, 6) is 0.694. The van der Waals surface area contributed by atoms with Gasteiger partial charge in [-0.15, -0.1) is 0 Å². The van der Waals surface area contributed by atoms with Gasteiger partial charge in [0, 0.05) is 6.42 Å². The molecule has 0 heterocycles. The van der Waals surface area contributed by atoms with E-state index in [2.05, 4.69) is 13.8 Å². The Morgan fingerprint density at radius 3 is 2.45 bits per heavy atom. The molecule has 1 saturated carbocycles. The monoisotopic (exact) mass is 156 g/mol. The third-order valence-corrected chi connectivity index (χ3v) is 2.51.